The predicted molar refractivity (Wildman–Crippen MR) is 62.1 cm³/mol. The maximum atomic E-state index is 11.2. The van der Waals surface area contributed by atoms with Gasteiger partial charge in [-0.15, -0.1) is 0 Å². The molecule has 0 aliphatic rings. The molecule has 0 saturated carbocycles. The second-order valence-corrected chi connectivity index (χ2v) is 4.57. The molecule has 1 unspecified atom stereocenters. The topological polar surface area (TPSA) is 52.6 Å². The molecule has 4 nitrogen and oxygen atoms in total. The standard InChI is InChI=1S/C11H24N2O2/c1-6-7-12-11(4,10(14)15)8-13(5)9(2)3/h9,12H,6-8H2,1-5H3,(H,14,15). The molecule has 0 aromatic carbocycles. The number of carboxylic acids is 1. The molecule has 0 aromatic heterocycles. The van der Waals surface area contributed by atoms with E-state index in [0.29, 0.717) is 12.6 Å². The first-order valence-electron chi connectivity index (χ1n) is 5.52. The summed E-state index contributed by atoms with van der Waals surface area (Å²) in [6, 6.07) is 0.354. The highest BCUT2D eigenvalue weighted by Crippen LogP contribution is 2.08. The van der Waals surface area contributed by atoms with Crippen LogP contribution in [0, 0.1) is 0 Å². The average Bonchev–Trinajstić information content (AvgIpc) is 2.14. The molecular weight excluding hydrogens is 192 g/mol. The van der Waals surface area contributed by atoms with Crippen LogP contribution in [0.2, 0.25) is 0 Å². The van der Waals surface area contributed by atoms with E-state index in [1.807, 2.05) is 18.9 Å². The van der Waals surface area contributed by atoms with Crippen LogP contribution in [-0.4, -0.2) is 47.7 Å². The van der Waals surface area contributed by atoms with E-state index in [-0.39, 0.29) is 0 Å². The number of aliphatic carboxylic acids is 1. The van der Waals surface area contributed by atoms with Crippen molar-refractivity contribution in [1.29, 1.82) is 0 Å². The Bertz CT molecular complexity index is 207. The summed E-state index contributed by atoms with van der Waals surface area (Å²) in [5.74, 6) is -0.788. The van der Waals surface area contributed by atoms with E-state index in [4.69, 9.17) is 0 Å². The van der Waals surface area contributed by atoms with E-state index in [1.54, 1.807) is 6.92 Å². The Morgan fingerprint density at radius 1 is 1.53 bits per heavy atom. The van der Waals surface area contributed by atoms with Crippen molar-refractivity contribution in [3.63, 3.8) is 0 Å². The van der Waals surface area contributed by atoms with E-state index >= 15 is 0 Å². The van der Waals surface area contributed by atoms with Crippen LogP contribution in [0.15, 0.2) is 0 Å². The van der Waals surface area contributed by atoms with Crippen LogP contribution in [0.4, 0.5) is 0 Å². The Labute approximate surface area is 92.7 Å². The Balaban J connectivity index is 4.44. The number of carbonyl (C=O) groups is 1. The molecule has 0 fully saturated rings. The minimum absolute atomic E-state index is 0.354. The molecule has 1 atom stereocenters. The van der Waals surface area contributed by atoms with Gasteiger partial charge in [0.1, 0.15) is 5.54 Å². The first kappa shape index (κ1) is 14.4. The lowest BCUT2D eigenvalue weighted by atomic mass is 10.0. The Morgan fingerprint density at radius 3 is 2.40 bits per heavy atom. The summed E-state index contributed by atoms with van der Waals surface area (Å²) in [4.78, 5) is 13.2. The first-order chi connectivity index (χ1) is 6.83. The smallest absolute Gasteiger partial charge is 0.324 e. The number of hydrogen-bond donors (Lipinski definition) is 2. The summed E-state index contributed by atoms with van der Waals surface area (Å²) in [6.45, 7) is 9.13. The zero-order chi connectivity index (χ0) is 12.1. The van der Waals surface area contributed by atoms with E-state index in [9.17, 15) is 9.90 Å². The van der Waals surface area contributed by atoms with Crippen molar-refractivity contribution in [2.45, 2.75) is 45.7 Å². The van der Waals surface area contributed by atoms with Crippen LogP contribution in [0.5, 0.6) is 0 Å². The molecular formula is C11H24N2O2. The van der Waals surface area contributed by atoms with E-state index < -0.39 is 11.5 Å². The van der Waals surface area contributed by atoms with E-state index in [1.165, 1.54) is 0 Å². The third kappa shape index (κ3) is 4.62. The number of carboxylic acid groups (broad SMARTS) is 1. The van der Waals surface area contributed by atoms with Gasteiger partial charge in [-0.3, -0.25) is 4.79 Å². The van der Waals surface area contributed by atoms with Crippen LogP contribution in [0.3, 0.4) is 0 Å². The van der Waals surface area contributed by atoms with Crippen LogP contribution in [0.1, 0.15) is 34.1 Å². The van der Waals surface area contributed by atoms with Crippen molar-refractivity contribution in [2.24, 2.45) is 0 Å². The minimum Gasteiger partial charge on any atom is -0.480 e. The number of nitrogens with zero attached hydrogens (tertiary/aromatic N) is 1. The van der Waals surface area contributed by atoms with Crippen LogP contribution in [0.25, 0.3) is 0 Å². The Hall–Kier alpha value is -0.610. The fourth-order valence-electron chi connectivity index (χ4n) is 1.28. The molecule has 0 saturated heterocycles. The lowest BCUT2D eigenvalue weighted by Crippen LogP contribution is -2.57. The van der Waals surface area contributed by atoms with Crippen molar-refractivity contribution < 1.29 is 9.90 Å². The highest BCUT2D eigenvalue weighted by molar-refractivity contribution is 5.78. The molecule has 0 amide bonds. The van der Waals surface area contributed by atoms with E-state index in [0.717, 1.165) is 13.0 Å². The Morgan fingerprint density at radius 2 is 2.07 bits per heavy atom. The SMILES string of the molecule is CCCNC(C)(CN(C)C(C)C)C(=O)O. The second kappa shape index (κ2) is 6.08. The second-order valence-electron chi connectivity index (χ2n) is 4.57. The van der Waals surface area contributed by atoms with Gasteiger partial charge in [0.25, 0.3) is 0 Å². The number of nitrogens with one attached hydrogen (secondary N) is 1. The van der Waals surface area contributed by atoms with Gasteiger partial charge in [-0.05, 0) is 40.8 Å². The summed E-state index contributed by atoms with van der Waals surface area (Å²) in [5.41, 5.74) is -0.852. The van der Waals surface area contributed by atoms with Gasteiger partial charge in [0.05, 0.1) is 0 Å². The third-order valence-electron chi connectivity index (χ3n) is 2.68. The number of likely N-dealkylation sites (N-methyl/N-ethyl adjacent to an activating group) is 1. The summed E-state index contributed by atoms with van der Waals surface area (Å²) >= 11 is 0. The largest absolute Gasteiger partial charge is 0.480 e. The van der Waals surface area contributed by atoms with Crippen LogP contribution < -0.4 is 5.32 Å². The average molecular weight is 216 g/mol. The highest BCUT2D eigenvalue weighted by Gasteiger charge is 2.33. The normalized spacial score (nSPS) is 15.7. The molecule has 2 N–H and O–H groups in total. The monoisotopic (exact) mass is 216 g/mol. The van der Waals surface area contributed by atoms with Gasteiger partial charge < -0.3 is 15.3 Å². The molecule has 0 spiro atoms. The zero-order valence-corrected chi connectivity index (χ0v) is 10.5. The summed E-state index contributed by atoms with van der Waals surface area (Å²) in [7, 11) is 1.94. The fraction of sp³-hybridized carbons (Fsp3) is 0.909. The highest BCUT2D eigenvalue weighted by atomic mass is 16.4. The van der Waals surface area contributed by atoms with Gasteiger partial charge in [-0.2, -0.15) is 0 Å². The van der Waals surface area contributed by atoms with Crippen LogP contribution >= 0.6 is 0 Å². The van der Waals surface area contributed by atoms with Crippen LogP contribution in [-0.2, 0) is 4.79 Å². The van der Waals surface area contributed by atoms with Crippen molar-refractivity contribution in [3.8, 4) is 0 Å². The molecule has 90 valence electrons. The van der Waals surface area contributed by atoms with E-state index in [2.05, 4.69) is 19.2 Å². The van der Waals surface area contributed by atoms with Crippen molar-refractivity contribution >= 4 is 5.97 Å². The van der Waals surface area contributed by atoms with Gasteiger partial charge >= 0.3 is 5.97 Å². The summed E-state index contributed by atoms with van der Waals surface area (Å²) < 4.78 is 0. The van der Waals surface area contributed by atoms with Gasteiger partial charge in [0.2, 0.25) is 0 Å². The zero-order valence-electron chi connectivity index (χ0n) is 10.5. The van der Waals surface area contributed by atoms with Crippen molar-refractivity contribution in [3.05, 3.63) is 0 Å². The molecule has 15 heavy (non-hydrogen) atoms. The molecule has 0 heterocycles. The third-order valence-corrected chi connectivity index (χ3v) is 2.68. The molecule has 0 radical (unpaired) electrons. The van der Waals surface area contributed by atoms with Gasteiger partial charge in [0.15, 0.2) is 0 Å². The van der Waals surface area contributed by atoms with Gasteiger partial charge in [0, 0.05) is 12.6 Å². The van der Waals surface area contributed by atoms with Gasteiger partial charge in [-0.25, -0.2) is 0 Å². The molecule has 0 aromatic rings. The lowest BCUT2D eigenvalue weighted by molar-refractivity contribution is -0.145. The van der Waals surface area contributed by atoms with Gasteiger partial charge in [-0.1, -0.05) is 6.92 Å². The first-order valence-corrected chi connectivity index (χ1v) is 5.52. The Kier molecular flexibility index (Phi) is 5.83. The fourth-order valence-corrected chi connectivity index (χ4v) is 1.28. The minimum atomic E-state index is -0.852. The summed E-state index contributed by atoms with van der Waals surface area (Å²) in [6.07, 6.45) is 0.939. The predicted octanol–water partition coefficient (Wildman–Crippen LogP) is 1.17. The lowest BCUT2D eigenvalue weighted by Gasteiger charge is -2.33. The molecule has 0 aliphatic heterocycles. The number of rotatable bonds is 7. The molecule has 0 bridgehead atoms. The van der Waals surface area contributed by atoms with Crippen molar-refractivity contribution in [2.75, 3.05) is 20.1 Å². The maximum Gasteiger partial charge on any atom is 0.324 e. The number of hydrogen-bond acceptors (Lipinski definition) is 3. The maximum absolute atomic E-state index is 11.2. The summed E-state index contributed by atoms with van der Waals surface area (Å²) in [5, 5.41) is 12.3. The van der Waals surface area contributed by atoms with Crippen molar-refractivity contribution in [1.82, 2.24) is 10.2 Å². The molecule has 4 heteroatoms. The molecule has 0 aliphatic carbocycles. The quantitative estimate of drug-likeness (QED) is 0.671. The molecule has 0 rings (SSSR count).